The minimum absolute atomic E-state index is 0.0330. The van der Waals surface area contributed by atoms with Gasteiger partial charge in [0.2, 0.25) is 0 Å². The Labute approximate surface area is 200 Å². The molecule has 0 unspecified atom stereocenters. The fraction of sp³-hybridized carbons (Fsp3) is 0.320. The van der Waals surface area contributed by atoms with Crippen LogP contribution in [-0.2, 0) is 11.3 Å². The number of thiophene rings is 1. The monoisotopic (exact) mass is 479 g/mol. The summed E-state index contributed by atoms with van der Waals surface area (Å²) in [6.07, 6.45) is 2.38. The first-order chi connectivity index (χ1) is 16.0. The quantitative estimate of drug-likeness (QED) is 0.223. The number of fused-ring (bicyclic) bond motifs is 1. The molecule has 1 atom stereocenters. The molecule has 6 nitrogen and oxygen atoms in total. The number of aromatic nitrogens is 3. The van der Waals surface area contributed by atoms with Crippen LogP contribution in [0.15, 0.2) is 51.7 Å². The number of ketones is 1. The number of benzene rings is 1. The van der Waals surface area contributed by atoms with Crippen molar-refractivity contribution in [3.05, 3.63) is 69.1 Å². The van der Waals surface area contributed by atoms with Gasteiger partial charge in [-0.15, -0.1) is 11.3 Å². The SMILES string of the molecule is Cc1cc(C(=O)CSc2nc3scc(-c4ccccc4)c3c(=O)[nH]2)c(C)n1C[C@@H]1CCCO1. The average Bonchev–Trinajstić information content (AvgIpc) is 3.55. The van der Waals surface area contributed by atoms with Crippen LogP contribution in [0.2, 0.25) is 0 Å². The van der Waals surface area contributed by atoms with Gasteiger partial charge in [0.25, 0.3) is 5.56 Å². The van der Waals surface area contributed by atoms with Crippen molar-refractivity contribution in [2.24, 2.45) is 0 Å². The van der Waals surface area contributed by atoms with Crippen molar-refractivity contribution in [2.45, 2.75) is 44.5 Å². The lowest BCUT2D eigenvalue weighted by Crippen LogP contribution is -2.17. The van der Waals surface area contributed by atoms with Crippen LogP contribution in [0, 0.1) is 13.8 Å². The maximum absolute atomic E-state index is 13.0. The number of rotatable bonds is 7. The molecule has 0 saturated carbocycles. The number of nitrogens with zero attached hydrogens (tertiary/aromatic N) is 2. The summed E-state index contributed by atoms with van der Waals surface area (Å²) in [7, 11) is 0. The lowest BCUT2D eigenvalue weighted by molar-refractivity contribution is 0.0957. The first-order valence-electron chi connectivity index (χ1n) is 11.0. The third-order valence-electron chi connectivity index (χ3n) is 6.13. The van der Waals surface area contributed by atoms with Crippen LogP contribution >= 0.6 is 23.1 Å². The van der Waals surface area contributed by atoms with E-state index in [0.717, 1.165) is 54.1 Å². The number of H-pyrrole nitrogens is 1. The van der Waals surface area contributed by atoms with Gasteiger partial charge in [0.15, 0.2) is 10.9 Å². The van der Waals surface area contributed by atoms with Crippen LogP contribution in [0.25, 0.3) is 21.3 Å². The maximum Gasteiger partial charge on any atom is 0.260 e. The summed E-state index contributed by atoms with van der Waals surface area (Å²) >= 11 is 2.72. The number of carbonyl (C=O) groups is 1. The van der Waals surface area contributed by atoms with Crippen LogP contribution in [0.5, 0.6) is 0 Å². The Kier molecular flexibility index (Phi) is 6.23. The highest BCUT2D eigenvalue weighted by Crippen LogP contribution is 2.31. The Morgan fingerprint density at radius 1 is 1.30 bits per heavy atom. The maximum atomic E-state index is 13.0. The van der Waals surface area contributed by atoms with Gasteiger partial charge in [-0.25, -0.2) is 4.98 Å². The molecule has 4 heterocycles. The lowest BCUT2D eigenvalue weighted by Gasteiger charge is -2.14. The first kappa shape index (κ1) is 22.1. The minimum atomic E-state index is -0.176. The third kappa shape index (κ3) is 4.43. The smallest absolute Gasteiger partial charge is 0.260 e. The standard InChI is InChI=1S/C25H25N3O3S2/c1-15-11-19(16(2)28(15)12-18-9-6-10-31-18)21(29)14-33-25-26-23(30)22-20(13-32-24(22)27-25)17-7-4-3-5-8-17/h3-5,7-8,11,13,18H,6,9-10,12,14H2,1-2H3,(H,26,27,30)/t18-/m0/s1. The summed E-state index contributed by atoms with van der Waals surface area (Å²) in [5, 5.41) is 3.03. The van der Waals surface area contributed by atoms with E-state index in [2.05, 4.69) is 14.5 Å². The van der Waals surface area contributed by atoms with Crippen LogP contribution in [0.4, 0.5) is 0 Å². The van der Waals surface area contributed by atoms with Gasteiger partial charge >= 0.3 is 0 Å². The molecule has 1 fully saturated rings. The molecule has 170 valence electrons. The number of nitrogens with one attached hydrogen (secondary N) is 1. The van der Waals surface area contributed by atoms with Gasteiger partial charge in [-0.05, 0) is 38.3 Å². The fourth-order valence-corrected chi connectivity index (χ4v) is 6.15. The van der Waals surface area contributed by atoms with Gasteiger partial charge in [-0.2, -0.15) is 0 Å². The second-order valence-corrected chi connectivity index (χ2v) is 10.1. The molecule has 1 saturated heterocycles. The Morgan fingerprint density at radius 2 is 2.12 bits per heavy atom. The van der Waals surface area contributed by atoms with Crippen molar-refractivity contribution in [3.8, 4) is 11.1 Å². The molecule has 0 radical (unpaired) electrons. The van der Waals surface area contributed by atoms with Gasteiger partial charge in [0.1, 0.15) is 4.83 Å². The Hall–Kier alpha value is -2.68. The average molecular weight is 480 g/mol. The molecule has 0 amide bonds. The molecular weight excluding hydrogens is 454 g/mol. The Bertz CT molecular complexity index is 1370. The van der Waals surface area contributed by atoms with E-state index in [0.29, 0.717) is 15.4 Å². The molecule has 0 bridgehead atoms. The zero-order valence-corrected chi connectivity index (χ0v) is 20.2. The Balaban J connectivity index is 1.33. The molecular formula is C25H25N3O3S2. The fourth-order valence-electron chi connectivity index (χ4n) is 4.40. The van der Waals surface area contributed by atoms with Crippen molar-refractivity contribution in [2.75, 3.05) is 12.4 Å². The van der Waals surface area contributed by atoms with Gasteiger partial charge in [0.05, 0.1) is 17.2 Å². The number of aromatic amines is 1. The summed E-state index contributed by atoms with van der Waals surface area (Å²) in [5.41, 5.74) is 4.46. The van der Waals surface area contributed by atoms with E-state index in [1.807, 2.05) is 55.6 Å². The third-order valence-corrected chi connectivity index (χ3v) is 7.88. The highest BCUT2D eigenvalue weighted by Gasteiger charge is 2.21. The second-order valence-electron chi connectivity index (χ2n) is 8.31. The molecule has 0 spiro atoms. The highest BCUT2D eigenvalue weighted by atomic mass is 32.2. The number of Topliss-reactive ketones (excluding diaryl/α,β-unsaturated/α-hetero) is 1. The minimum Gasteiger partial charge on any atom is -0.376 e. The summed E-state index contributed by atoms with van der Waals surface area (Å²) in [5.74, 6) is 0.251. The highest BCUT2D eigenvalue weighted by molar-refractivity contribution is 7.99. The zero-order valence-electron chi connectivity index (χ0n) is 18.6. The van der Waals surface area contributed by atoms with E-state index in [1.165, 1.54) is 23.1 Å². The molecule has 1 aliphatic rings. The molecule has 33 heavy (non-hydrogen) atoms. The molecule has 4 aromatic rings. The van der Waals surface area contributed by atoms with E-state index < -0.39 is 0 Å². The number of ether oxygens (including phenoxy) is 1. The predicted octanol–water partition coefficient (Wildman–Crippen LogP) is 5.22. The molecule has 5 rings (SSSR count). The zero-order chi connectivity index (χ0) is 22.9. The normalized spacial score (nSPS) is 16.0. The van der Waals surface area contributed by atoms with Crippen LogP contribution in [0.3, 0.4) is 0 Å². The topological polar surface area (TPSA) is 77.0 Å². The van der Waals surface area contributed by atoms with Gasteiger partial charge in [-0.3, -0.25) is 9.59 Å². The van der Waals surface area contributed by atoms with Gasteiger partial charge < -0.3 is 14.3 Å². The number of hydrogen-bond acceptors (Lipinski definition) is 6. The van der Waals surface area contributed by atoms with E-state index in [4.69, 9.17) is 4.74 Å². The molecule has 1 aliphatic heterocycles. The number of aryl methyl sites for hydroxylation is 1. The van der Waals surface area contributed by atoms with E-state index in [-0.39, 0.29) is 23.2 Å². The Morgan fingerprint density at radius 3 is 2.88 bits per heavy atom. The van der Waals surface area contributed by atoms with Crippen molar-refractivity contribution >= 4 is 39.1 Å². The lowest BCUT2D eigenvalue weighted by atomic mass is 10.1. The van der Waals surface area contributed by atoms with E-state index >= 15 is 0 Å². The number of thioether (sulfide) groups is 1. The molecule has 0 aliphatic carbocycles. The van der Waals surface area contributed by atoms with Crippen molar-refractivity contribution in [3.63, 3.8) is 0 Å². The summed E-state index contributed by atoms with van der Waals surface area (Å²) in [6, 6.07) is 11.8. The van der Waals surface area contributed by atoms with E-state index in [9.17, 15) is 9.59 Å². The molecule has 1 aromatic carbocycles. The molecule has 8 heteroatoms. The molecule has 3 aromatic heterocycles. The van der Waals surface area contributed by atoms with Crippen LogP contribution < -0.4 is 5.56 Å². The van der Waals surface area contributed by atoms with E-state index in [1.54, 1.807) is 0 Å². The van der Waals surface area contributed by atoms with Crippen molar-refractivity contribution in [1.82, 2.24) is 14.5 Å². The van der Waals surface area contributed by atoms with Crippen molar-refractivity contribution < 1.29 is 9.53 Å². The number of hydrogen-bond donors (Lipinski definition) is 1. The van der Waals surface area contributed by atoms with Gasteiger partial charge in [0, 0.05) is 41.0 Å². The predicted molar refractivity (Wildman–Crippen MR) is 134 cm³/mol. The second kappa shape index (κ2) is 9.29. The molecule has 1 N–H and O–H groups in total. The number of carbonyl (C=O) groups excluding carboxylic acids is 1. The van der Waals surface area contributed by atoms with Crippen LogP contribution in [0.1, 0.15) is 34.6 Å². The van der Waals surface area contributed by atoms with Crippen LogP contribution in [-0.4, -0.2) is 38.8 Å². The van der Waals surface area contributed by atoms with Crippen molar-refractivity contribution in [1.29, 1.82) is 0 Å². The van der Waals surface area contributed by atoms with Gasteiger partial charge in [-0.1, -0.05) is 42.1 Å². The largest absolute Gasteiger partial charge is 0.376 e. The summed E-state index contributed by atoms with van der Waals surface area (Å²) in [4.78, 5) is 34.0. The summed E-state index contributed by atoms with van der Waals surface area (Å²) < 4.78 is 7.94. The first-order valence-corrected chi connectivity index (χ1v) is 12.9. The summed E-state index contributed by atoms with van der Waals surface area (Å²) in [6.45, 7) is 5.62.